The fourth-order valence-corrected chi connectivity index (χ4v) is 16.2. The molecule has 2 heteroatoms. The Kier molecular flexibility index (Phi) is 6.79. The molecule has 0 aliphatic heterocycles. The normalized spacial score (nSPS) is 18.3. The summed E-state index contributed by atoms with van der Waals surface area (Å²) in [6, 6.07) is 41.2. The first-order valence-electron chi connectivity index (χ1n) is 13.7. The zero-order valence-electron chi connectivity index (χ0n) is 22.9. The van der Waals surface area contributed by atoms with Gasteiger partial charge in [0, 0.05) is 0 Å². The van der Waals surface area contributed by atoms with Gasteiger partial charge >= 0.3 is 233 Å². The molecule has 0 heterocycles. The number of benzene rings is 4. The van der Waals surface area contributed by atoms with Crippen molar-refractivity contribution in [3.63, 3.8) is 0 Å². The van der Waals surface area contributed by atoms with Crippen LogP contribution in [0.4, 0.5) is 0 Å². The molecule has 0 fully saturated rings. The van der Waals surface area contributed by atoms with Crippen molar-refractivity contribution in [1.29, 1.82) is 0 Å². The fourth-order valence-electron chi connectivity index (χ4n) is 6.82. The van der Waals surface area contributed by atoms with Crippen LogP contribution in [0.5, 0.6) is 0 Å². The molecule has 0 aromatic heterocycles. The molecule has 0 bridgehead atoms. The Labute approximate surface area is 232 Å². The summed E-state index contributed by atoms with van der Waals surface area (Å²) >= 11 is 4.76. The van der Waals surface area contributed by atoms with E-state index in [1.54, 1.807) is 0 Å². The van der Waals surface area contributed by atoms with Gasteiger partial charge in [-0.25, -0.2) is 0 Å². The average molecular weight is 572 g/mol. The van der Waals surface area contributed by atoms with Crippen LogP contribution in [0, 0.1) is 0 Å². The summed E-state index contributed by atoms with van der Waals surface area (Å²) in [5, 5.41) is 1.01. The molecule has 1 atom stereocenters. The van der Waals surface area contributed by atoms with E-state index in [1.807, 2.05) is 0 Å². The quantitative estimate of drug-likeness (QED) is 0.202. The van der Waals surface area contributed by atoms with Gasteiger partial charge in [-0.05, 0) is 0 Å². The molecule has 1 aliphatic carbocycles. The summed E-state index contributed by atoms with van der Waals surface area (Å²) in [6.45, 7) is 12.1. The van der Waals surface area contributed by atoms with Crippen LogP contribution in [0.15, 0.2) is 109 Å². The number of fused-ring (bicyclic) bond motifs is 1. The Bertz CT molecular complexity index is 1270. The van der Waals surface area contributed by atoms with E-state index in [0.717, 1.165) is 6.42 Å². The van der Waals surface area contributed by atoms with E-state index >= 15 is 0 Å². The van der Waals surface area contributed by atoms with Crippen LogP contribution < -0.4 is 15.9 Å². The van der Waals surface area contributed by atoms with Gasteiger partial charge < -0.3 is 0 Å². The van der Waals surface area contributed by atoms with Crippen LogP contribution in [0.1, 0.15) is 76.2 Å². The zero-order valence-corrected chi connectivity index (χ0v) is 25.4. The predicted octanol–water partition coefficient (Wildman–Crippen LogP) is 9.33. The molecule has 37 heavy (non-hydrogen) atoms. The monoisotopic (exact) mass is 570 g/mol. The Balaban J connectivity index is 1.88. The second-order valence-electron chi connectivity index (χ2n) is 12.1. The van der Waals surface area contributed by atoms with Crippen molar-refractivity contribution in [2.24, 2.45) is 0 Å². The molecule has 5 rings (SSSR count). The molecular weight excluding hydrogens is 531 g/mol. The minimum atomic E-state index is -3.14. The van der Waals surface area contributed by atoms with Crippen molar-refractivity contribution in [1.82, 2.24) is 0 Å². The van der Waals surface area contributed by atoms with Crippen molar-refractivity contribution in [2.75, 3.05) is 0 Å². The molecule has 0 amide bonds. The van der Waals surface area contributed by atoms with E-state index < -0.39 is 5.31 Å². The molecule has 1 unspecified atom stereocenters. The van der Waals surface area contributed by atoms with Crippen LogP contribution in [0.2, 0.25) is 0 Å². The maximum atomic E-state index is 4.76. The molecule has 4 aromatic carbocycles. The van der Waals surface area contributed by atoms with Crippen LogP contribution in [0.3, 0.4) is 0 Å². The molecule has 0 saturated heterocycles. The predicted molar refractivity (Wildman–Crippen MR) is 169 cm³/mol. The van der Waals surface area contributed by atoms with E-state index in [0.29, 0.717) is 0 Å². The average Bonchev–Trinajstić information content (AvgIpc) is 2.93. The molecule has 0 spiro atoms. The Morgan fingerprint density at radius 2 is 1.03 bits per heavy atom. The van der Waals surface area contributed by atoms with Gasteiger partial charge in [-0.3, -0.25) is 0 Å². The van der Waals surface area contributed by atoms with Crippen LogP contribution in [0.25, 0.3) is 0 Å². The van der Waals surface area contributed by atoms with Crippen molar-refractivity contribution in [3.05, 3.63) is 126 Å². The first-order chi connectivity index (χ1) is 17.6. The standard InChI is InChI=1S/C35H40BrP/c1-6-33(27-22-23-31-32(26-27)35(4,5)25-24-34(31,2)3)37(36,28-16-10-7-11-17-28,29-18-12-8-13-19-29)30-20-14-9-15-21-30/h7-23,26,33H,6,24-25H2,1-5H3. The molecule has 1 aliphatic rings. The number of halogens is 1. The number of hydrogen-bond donors (Lipinski definition) is 0. The molecule has 4 aromatic rings. The first-order valence-corrected chi connectivity index (χ1v) is 18.0. The minimum absolute atomic E-state index is 0.175. The van der Waals surface area contributed by atoms with Gasteiger partial charge in [0.25, 0.3) is 0 Å². The second kappa shape index (κ2) is 9.52. The van der Waals surface area contributed by atoms with Crippen LogP contribution in [-0.4, -0.2) is 0 Å². The SMILES string of the molecule is CCC(c1ccc2c(c1)C(C)(C)CCC2(C)C)P(Br)(c1ccccc1)(c1ccccc1)c1ccccc1. The van der Waals surface area contributed by atoms with Crippen LogP contribution >= 0.6 is 20.8 Å². The van der Waals surface area contributed by atoms with Crippen molar-refractivity contribution in [2.45, 2.75) is 70.4 Å². The van der Waals surface area contributed by atoms with E-state index in [-0.39, 0.29) is 16.5 Å². The molecule has 0 radical (unpaired) electrons. The van der Waals surface area contributed by atoms with Crippen molar-refractivity contribution in [3.8, 4) is 0 Å². The molecular formula is C35H40BrP. The summed E-state index contributed by atoms with van der Waals surface area (Å²) in [5.41, 5.74) is 5.17. The van der Waals surface area contributed by atoms with E-state index in [1.165, 1.54) is 45.4 Å². The Morgan fingerprint density at radius 1 is 0.622 bits per heavy atom. The van der Waals surface area contributed by atoms with E-state index in [2.05, 4.69) is 144 Å². The maximum absolute atomic E-state index is 4.76. The van der Waals surface area contributed by atoms with E-state index in [4.69, 9.17) is 15.5 Å². The van der Waals surface area contributed by atoms with Gasteiger partial charge in [0.1, 0.15) is 0 Å². The number of hydrogen-bond acceptors (Lipinski definition) is 0. The van der Waals surface area contributed by atoms with Crippen molar-refractivity contribution < 1.29 is 0 Å². The Morgan fingerprint density at radius 3 is 1.43 bits per heavy atom. The van der Waals surface area contributed by atoms with Crippen LogP contribution in [-0.2, 0) is 10.8 Å². The zero-order chi connectivity index (χ0) is 26.3. The Hall–Kier alpha value is -2.21. The van der Waals surface area contributed by atoms with Gasteiger partial charge in [-0.1, -0.05) is 0 Å². The van der Waals surface area contributed by atoms with Gasteiger partial charge in [0.05, 0.1) is 0 Å². The summed E-state index contributed by atoms with van der Waals surface area (Å²) in [4.78, 5) is 0. The second-order valence-corrected chi connectivity index (χ2v) is 20.8. The third kappa shape index (κ3) is 4.05. The first kappa shape index (κ1) is 26.4. The van der Waals surface area contributed by atoms with Gasteiger partial charge in [0.15, 0.2) is 0 Å². The molecule has 192 valence electrons. The number of rotatable bonds is 6. The summed E-state index contributed by atoms with van der Waals surface area (Å²) in [6.07, 6.45) is 3.49. The van der Waals surface area contributed by atoms with E-state index in [9.17, 15) is 0 Å². The topological polar surface area (TPSA) is 0 Å². The summed E-state index contributed by atoms with van der Waals surface area (Å²) < 4.78 is 0. The van der Waals surface area contributed by atoms with Gasteiger partial charge in [-0.2, -0.15) is 0 Å². The van der Waals surface area contributed by atoms with Gasteiger partial charge in [-0.15, -0.1) is 0 Å². The third-order valence-corrected chi connectivity index (χ3v) is 19.9. The molecule has 0 nitrogen and oxygen atoms in total. The summed E-state index contributed by atoms with van der Waals surface area (Å²) in [5.74, 6) is 0. The third-order valence-electron chi connectivity index (χ3n) is 9.02. The molecule has 0 N–H and O–H groups in total. The van der Waals surface area contributed by atoms with Gasteiger partial charge in [0.2, 0.25) is 0 Å². The fraction of sp³-hybridized carbons (Fsp3) is 0.314. The van der Waals surface area contributed by atoms with Crippen molar-refractivity contribution >= 4 is 36.7 Å². The molecule has 0 saturated carbocycles. The summed E-state index contributed by atoms with van der Waals surface area (Å²) in [7, 11) is 0.